The van der Waals surface area contributed by atoms with Gasteiger partial charge in [-0.05, 0) is 53.8 Å². The molecule has 7 heteroatoms. The Hall–Kier alpha value is -0.590. The first-order valence-corrected chi connectivity index (χ1v) is 8.01. The van der Waals surface area contributed by atoms with Crippen molar-refractivity contribution in [3.63, 3.8) is 0 Å². The summed E-state index contributed by atoms with van der Waals surface area (Å²) in [4.78, 5) is 2.09. The van der Waals surface area contributed by atoms with Gasteiger partial charge >= 0.3 is 0 Å². The van der Waals surface area contributed by atoms with Crippen LogP contribution in [0.25, 0.3) is 0 Å². The van der Waals surface area contributed by atoms with Crippen LogP contribution in [0.1, 0.15) is 17.3 Å². The quantitative estimate of drug-likeness (QED) is 0.847. The number of hydrogen-bond donors (Lipinski definition) is 1. The second-order valence-electron chi connectivity index (χ2n) is 5.05. The van der Waals surface area contributed by atoms with Gasteiger partial charge < -0.3 is 10.6 Å². The molecule has 0 bridgehead atoms. The summed E-state index contributed by atoms with van der Waals surface area (Å²) in [5.74, 6) is 0. The molecule has 0 saturated heterocycles. The molecule has 0 aliphatic carbocycles. The molecular weight excluding hydrogens is 375 g/mol. The summed E-state index contributed by atoms with van der Waals surface area (Å²) < 4.78 is 2.76. The average molecular weight is 392 g/mol. The maximum absolute atomic E-state index is 6.39. The van der Waals surface area contributed by atoms with E-state index in [1.165, 1.54) is 0 Å². The van der Waals surface area contributed by atoms with Gasteiger partial charge in [0.1, 0.15) is 0 Å². The van der Waals surface area contributed by atoms with E-state index in [9.17, 15) is 0 Å². The number of hydrogen-bond acceptors (Lipinski definition) is 3. The molecule has 4 nitrogen and oxygen atoms in total. The summed E-state index contributed by atoms with van der Waals surface area (Å²) in [7, 11) is 4.04. The summed E-state index contributed by atoms with van der Waals surface area (Å²) >= 11 is 15.8. The zero-order chi connectivity index (χ0) is 15.6. The Morgan fingerprint density at radius 1 is 1.38 bits per heavy atom. The van der Waals surface area contributed by atoms with Crippen LogP contribution >= 0.6 is 39.1 Å². The first-order chi connectivity index (χ1) is 9.90. The Balaban J connectivity index is 2.36. The van der Waals surface area contributed by atoms with E-state index in [0.29, 0.717) is 10.0 Å². The molecule has 1 aromatic carbocycles. The molecule has 0 saturated carbocycles. The molecule has 2 rings (SSSR count). The lowest BCUT2D eigenvalue weighted by atomic mass is 10.0. The van der Waals surface area contributed by atoms with Gasteiger partial charge in [-0.2, -0.15) is 5.10 Å². The topological polar surface area (TPSA) is 47.1 Å². The molecule has 0 aliphatic heterocycles. The number of nitrogens with zero attached hydrogens (tertiary/aromatic N) is 3. The Labute approximate surface area is 142 Å². The van der Waals surface area contributed by atoms with E-state index in [1.807, 2.05) is 18.8 Å². The van der Waals surface area contributed by atoms with E-state index in [0.717, 1.165) is 28.8 Å². The van der Waals surface area contributed by atoms with Crippen molar-refractivity contribution in [2.45, 2.75) is 12.6 Å². The standard InChI is InChI=1S/C14H17BrCl2N4/c1-20(2)5-6-21-14(11(15)8-19-21)13(18)10-7-9(16)3-4-12(10)17/h3-4,7-8,13H,5-6,18H2,1-2H3. The Morgan fingerprint density at radius 3 is 2.76 bits per heavy atom. The van der Waals surface area contributed by atoms with Crippen LogP contribution < -0.4 is 5.73 Å². The minimum Gasteiger partial charge on any atom is -0.319 e. The van der Waals surface area contributed by atoms with Gasteiger partial charge in [0, 0.05) is 16.6 Å². The monoisotopic (exact) mass is 390 g/mol. The van der Waals surface area contributed by atoms with Crippen molar-refractivity contribution in [1.82, 2.24) is 14.7 Å². The van der Waals surface area contributed by atoms with Gasteiger partial charge in [0.05, 0.1) is 29.0 Å². The highest BCUT2D eigenvalue weighted by atomic mass is 79.9. The number of nitrogens with two attached hydrogens (primary N) is 1. The third-order valence-electron chi connectivity index (χ3n) is 3.18. The molecule has 0 aliphatic rings. The molecule has 0 amide bonds. The third-order valence-corrected chi connectivity index (χ3v) is 4.37. The van der Waals surface area contributed by atoms with Crippen molar-refractivity contribution in [3.8, 4) is 0 Å². The molecule has 1 heterocycles. The van der Waals surface area contributed by atoms with Gasteiger partial charge in [-0.3, -0.25) is 4.68 Å². The highest BCUT2D eigenvalue weighted by molar-refractivity contribution is 9.10. The molecular formula is C14H17BrCl2N4. The average Bonchev–Trinajstić information content (AvgIpc) is 2.79. The third kappa shape index (κ3) is 3.99. The fourth-order valence-corrected chi connectivity index (χ4v) is 3.01. The fourth-order valence-electron chi connectivity index (χ4n) is 2.05. The van der Waals surface area contributed by atoms with Crippen LogP contribution in [-0.2, 0) is 6.54 Å². The fraction of sp³-hybridized carbons (Fsp3) is 0.357. The minimum absolute atomic E-state index is 0.393. The first-order valence-electron chi connectivity index (χ1n) is 6.46. The second-order valence-corrected chi connectivity index (χ2v) is 6.75. The van der Waals surface area contributed by atoms with Crippen LogP contribution in [0.15, 0.2) is 28.9 Å². The van der Waals surface area contributed by atoms with Crippen molar-refractivity contribution >= 4 is 39.1 Å². The minimum atomic E-state index is -0.393. The van der Waals surface area contributed by atoms with E-state index >= 15 is 0 Å². The molecule has 1 unspecified atom stereocenters. The Bertz CT molecular complexity index is 627. The predicted octanol–water partition coefficient (Wildman–Crippen LogP) is 3.56. The van der Waals surface area contributed by atoms with Crippen LogP contribution in [0.4, 0.5) is 0 Å². The summed E-state index contributed by atoms with van der Waals surface area (Å²) in [5.41, 5.74) is 8.07. The van der Waals surface area contributed by atoms with Crippen LogP contribution in [0.2, 0.25) is 10.0 Å². The summed E-state index contributed by atoms with van der Waals surface area (Å²) in [6, 6.07) is 4.91. The van der Waals surface area contributed by atoms with E-state index in [2.05, 4.69) is 25.9 Å². The van der Waals surface area contributed by atoms with E-state index < -0.39 is 6.04 Å². The second kappa shape index (κ2) is 7.11. The number of likely N-dealkylation sites (N-methyl/N-ethyl adjacent to an activating group) is 1. The molecule has 1 atom stereocenters. The summed E-state index contributed by atoms with van der Waals surface area (Å²) in [6.07, 6.45) is 1.75. The number of aromatic nitrogens is 2. The van der Waals surface area contributed by atoms with Crippen LogP contribution in [0, 0.1) is 0 Å². The van der Waals surface area contributed by atoms with Crippen molar-refractivity contribution < 1.29 is 0 Å². The molecule has 0 radical (unpaired) electrons. The van der Waals surface area contributed by atoms with Crippen molar-refractivity contribution in [1.29, 1.82) is 0 Å². The maximum Gasteiger partial charge on any atom is 0.0749 e. The predicted molar refractivity (Wildman–Crippen MR) is 91.0 cm³/mol. The van der Waals surface area contributed by atoms with Gasteiger partial charge in [0.25, 0.3) is 0 Å². The SMILES string of the molecule is CN(C)CCn1ncc(Br)c1C(N)c1cc(Cl)ccc1Cl. The highest BCUT2D eigenvalue weighted by Crippen LogP contribution is 2.32. The van der Waals surface area contributed by atoms with E-state index in [4.69, 9.17) is 28.9 Å². The maximum atomic E-state index is 6.39. The number of halogens is 3. The summed E-state index contributed by atoms with van der Waals surface area (Å²) in [5, 5.41) is 5.58. The smallest absolute Gasteiger partial charge is 0.0749 e. The lowest BCUT2D eigenvalue weighted by molar-refractivity contribution is 0.368. The van der Waals surface area contributed by atoms with Crippen LogP contribution in [0.5, 0.6) is 0 Å². The van der Waals surface area contributed by atoms with Crippen molar-refractivity contribution in [2.24, 2.45) is 5.73 Å². The zero-order valence-corrected chi connectivity index (χ0v) is 15.0. The highest BCUT2D eigenvalue weighted by Gasteiger charge is 2.20. The largest absolute Gasteiger partial charge is 0.319 e. The van der Waals surface area contributed by atoms with Gasteiger partial charge in [-0.15, -0.1) is 0 Å². The zero-order valence-electron chi connectivity index (χ0n) is 11.9. The molecule has 2 aromatic rings. The number of rotatable bonds is 5. The molecule has 114 valence electrons. The summed E-state index contributed by atoms with van der Waals surface area (Å²) in [6.45, 7) is 1.62. The number of benzene rings is 1. The van der Waals surface area contributed by atoms with Gasteiger partial charge in [-0.1, -0.05) is 23.2 Å². The normalized spacial score (nSPS) is 12.9. The van der Waals surface area contributed by atoms with E-state index in [-0.39, 0.29) is 0 Å². The Kier molecular flexibility index (Phi) is 5.68. The van der Waals surface area contributed by atoms with E-state index in [1.54, 1.807) is 24.4 Å². The van der Waals surface area contributed by atoms with Crippen LogP contribution in [0.3, 0.4) is 0 Å². The van der Waals surface area contributed by atoms with Gasteiger partial charge in [0.15, 0.2) is 0 Å². The van der Waals surface area contributed by atoms with Crippen molar-refractivity contribution in [3.05, 3.63) is 50.2 Å². The lowest BCUT2D eigenvalue weighted by Crippen LogP contribution is -2.23. The Morgan fingerprint density at radius 2 is 2.10 bits per heavy atom. The lowest BCUT2D eigenvalue weighted by Gasteiger charge is -2.18. The molecule has 21 heavy (non-hydrogen) atoms. The van der Waals surface area contributed by atoms with Crippen LogP contribution in [-0.4, -0.2) is 35.3 Å². The molecule has 0 fully saturated rings. The first kappa shape index (κ1) is 16.8. The molecule has 2 N–H and O–H groups in total. The molecule has 0 spiro atoms. The molecule has 1 aromatic heterocycles. The van der Waals surface area contributed by atoms with Crippen molar-refractivity contribution in [2.75, 3.05) is 20.6 Å². The van der Waals surface area contributed by atoms with Gasteiger partial charge in [-0.25, -0.2) is 0 Å². The van der Waals surface area contributed by atoms with Gasteiger partial charge in [0.2, 0.25) is 0 Å².